The number of aliphatic hydroxyl groups is 1. The molecule has 0 spiro atoms. The Morgan fingerprint density at radius 1 is 0.522 bits per heavy atom. The van der Waals surface area contributed by atoms with Crippen molar-refractivity contribution in [2.75, 3.05) is 13.2 Å². The van der Waals surface area contributed by atoms with Gasteiger partial charge < -0.3 is 14.6 Å². The number of aliphatic hydroxyl groups excluding tert-OH is 1. The van der Waals surface area contributed by atoms with E-state index < -0.39 is 6.10 Å². The molecule has 0 aliphatic carbocycles. The van der Waals surface area contributed by atoms with Crippen LogP contribution < -0.4 is 0 Å². The van der Waals surface area contributed by atoms with Gasteiger partial charge in [-0.3, -0.25) is 9.59 Å². The lowest BCUT2D eigenvalue weighted by molar-refractivity contribution is -0.161. The molecule has 0 rings (SSSR count). The van der Waals surface area contributed by atoms with Crippen LogP contribution in [0.25, 0.3) is 0 Å². The molecule has 0 saturated carbocycles. The minimum Gasteiger partial charge on any atom is -0.462 e. The molecule has 1 N–H and O–H groups in total. The molecule has 0 heterocycles. The van der Waals surface area contributed by atoms with Crippen LogP contribution in [0, 0.1) is 0 Å². The van der Waals surface area contributed by atoms with Crippen molar-refractivity contribution in [2.24, 2.45) is 0 Å². The fourth-order valence-corrected chi connectivity index (χ4v) is 4.69. The van der Waals surface area contributed by atoms with Gasteiger partial charge in [0.15, 0.2) is 6.10 Å². The zero-order valence-electron chi connectivity index (χ0n) is 29.6. The summed E-state index contributed by atoms with van der Waals surface area (Å²) in [5, 5.41) is 9.53. The Morgan fingerprint density at radius 2 is 0.935 bits per heavy atom. The van der Waals surface area contributed by atoms with E-state index in [1.807, 2.05) is 0 Å². The summed E-state index contributed by atoms with van der Waals surface area (Å²) in [6, 6.07) is 0. The second kappa shape index (κ2) is 36.8. The fraction of sp³-hybridized carbons (Fsp3) is 0.659. The molecular formula is C41H68O5. The first-order valence-corrected chi connectivity index (χ1v) is 18.5. The van der Waals surface area contributed by atoms with Gasteiger partial charge in [0.05, 0.1) is 6.61 Å². The van der Waals surface area contributed by atoms with Crippen molar-refractivity contribution in [3.63, 3.8) is 0 Å². The number of unbranched alkanes of at least 4 members (excludes halogenated alkanes) is 12. The minimum absolute atomic E-state index is 0.0871. The summed E-state index contributed by atoms with van der Waals surface area (Å²) in [5.74, 6) is -0.642. The van der Waals surface area contributed by atoms with E-state index in [4.69, 9.17) is 9.47 Å². The van der Waals surface area contributed by atoms with Crippen LogP contribution in [-0.2, 0) is 19.1 Å². The number of carbonyl (C=O) groups excluding carboxylic acids is 2. The lowest BCUT2D eigenvalue weighted by Gasteiger charge is -2.15. The van der Waals surface area contributed by atoms with Crippen molar-refractivity contribution >= 4 is 11.9 Å². The third-order valence-corrected chi connectivity index (χ3v) is 7.48. The zero-order chi connectivity index (χ0) is 33.6. The Balaban J connectivity index is 3.67. The zero-order valence-corrected chi connectivity index (χ0v) is 29.6. The third-order valence-electron chi connectivity index (χ3n) is 7.48. The van der Waals surface area contributed by atoms with Crippen molar-refractivity contribution in [1.82, 2.24) is 0 Å². The third kappa shape index (κ3) is 34.2. The van der Waals surface area contributed by atoms with Crippen LogP contribution in [0.3, 0.4) is 0 Å². The molecule has 5 nitrogen and oxygen atoms in total. The smallest absolute Gasteiger partial charge is 0.306 e. The summed E-state index contributed by atoms with van der Waals surface area (Å²) < 4.78 is 10.6. The molecule has 0 saturated heterocycles. The van der Waals surface area contributed by atoms with Gasteiger partial charge in [0.25, 0.3) is 0 Å². The summed E-state index contributed by atoms with van der Waals surface area (Å²) in [5.41, 5.74) is 0. The summed E-state index contributed by atoms with van der Waals surface area (Å²) in [6.07, 6.45) is 48.1. The number of carbonyl (C=O) groups is 2. The van der Waals surface area contributed by atoms with Gasteiger partial charge in [0.1, 0.15) is 6.61 Å². The summed E-state index contributed by atoms with van der Waals surface area (Å²) in [7, 11) is 0. The van der Waals surface area contributed by atoms with Crippen molar-refractivity contribution in [1.29, 1.82) is 0 Å². The predicted octanol–water partition coefficient (Wildman–Crippen LogP) is 11.4. The number of ether oxygens (including phenoxy) is 2. The van der Waals surface area contributed by atoms with Crippen molar-refractivity contribution in [3.05, 3.63) is 72.9 Å². The molecule has 0 aromatic heterocycles. The lowest BCUT2D eigenvalue weighted by Crippen LogP contribution is -2.28. The Kier molecular flexibility index (Phi) is 34.7. The van der Waals surface area contributed by atoms with Gasteiger partial charge in [-0.2, -0.15) is 0 Å². The normalized spacial score (nSPS) is 13.0. The molecule has 1 atom stereocenters. The topological polar surface area (TPSA) is 72.8 Å². The largest absolute Gasteiger partial charge is 0.462 e. The molecule has 0 radical (unpaired) electrons. The van der Waals surface area contributed by atoms with E-state index in [1.165, 1.54) is 38.5 Å². The van der Waals surface area contributed by atoms with Crippen molar-refractivity contribution in [2.45, 2.75) is 161 Å². The molecule has 0 amide bonds. The second-order valence-electron chi connectivity index (χ2n) is 11.9. The first-order chi connectivity index (χ1) is 22.6. The molecule has 262 valence electrons. The van der Waals surface area contributed by atoms with E-state index in [1.54, 1.807) is 0 Å². The molecule has 46 heavy (non-hydrogen) atoms. The van der Waals surface area contributed by atoms with Gasteiger partial charge in [0.2, 0.25) is 0 Å². The first-order valence-electron chi connectivity index (χ1n) is 18.5. The monoisotopic (exact) mass is 641 g/mol. The molecule has 0 aliphatic heterocycles. The second-order valence-corrected chi connectivity index (χ2v) is 11.9. The molecule has 0 aromatic carbocycles. The average molecular weight is 641 g/mol. The average Bonchev–Trinajstić information content (AvgIpc) is 3.06. The first kappa shape index (κ1) is 43.3. The van der Waals surface area contributed by atoms with Crippen LogP contribution >= 0.6 is 0 Å². The standard InChI is InChI=1S/C41H68O5/c1-3-5-7-9-11-13-15-17-19-20-22-24-26-28-30-32-34-36-41(44)46-39(37-42)38-45-40(43)35-33-31-29-27-25-23-21-18-16-14-12-10-8-6-4-2/h5,7,11-14,17-19,21-22,24,39,42H,3-4,6,8-10,15-16,20,23,25-38H2,1-2H3/b7-5-,13-11-,14-12-,19-17-,21-18-,24-22-. The molecule has 5 heteroatoms. The molecule has 0 aliphatic rings. The number of hydrogen-bond acceptors (Lipinski definition) is 5. The highest BCUT2D eigenvalue weighted by Crippen LogP contribution is 2.11. The Hall–Kier alpha value is -2.66. The van der Waals surface area contributed by atoms with Gasteiger partial charge in [-0.15, -0.1) is 0 Å². The van der Waals surface area contributed by atoms with Gasteiger partial charge in [0, 0.05) is 12.8 Å². The van der Waals surface area contributed by atoms with Gasteiger partial charge >= 0.3 is 11.9 Å². The molecule has 1 unspecified atom stereocenters. The van der Waals surface area contributed by atoms with Gasteiger partial charge in [-0.25, -0.2) is 0 Å². The van der Waals surface area contributed by atoms with E-state index in [0.29, 0.717) is 12.8 Å². The van der Waals surface area contributed by atoms with E-state index in [2.05, 4.69) is 86.8 Å². The number of rotatable bonds is 32. The number of hydrogen-bond donors (Lipinski definition) is 1. The highest BCUT2D eigenvalue weighted by molar-refractivity contribution is 5.70. The van der Waals surface area contributed by atoms with Crippen LogP contribution in [0.4, 0.5) is 0 Å². The maximum Gasteiger partial charge on any atom is 0.306 e. The van der Waals surface area contributed by atoms with E-state index in [-0.39, 0.29) is 25.2 Å². The van der Waals surface area contributed by atoms with Crippen molar-refractivity contribution in [3.8, 4) is 0 Å². The van der Waals surface area contributed by atoms with Gasteiger partial charge in [-0.1, -0.05) is 132 Å². The lowest BCUT2D eigenvalue weighted by atomic mass is 10.1. The maximum absolute atomic E-state index is 12.1. The van der Waals surface area contributed by atoms with Gasteiger partial charge in [-0.05, 0) is 83.5 Å². The summed E-state index contributed by atoms with van der Waals surface area (Å²) in [4.78, 5) is 24.2. The van der Waals surface area contributed by atoms with Crippen LogP contribution in [-0.4, -0.2) is 36.4 Å². The quantitative estimate of drug-likeness (QED) is 0.0450. The van der Waals surface area contributed by atoms with Crippen LogP contribution in [0.2, 0.25) is 0 Å². The highest BCUT2D eigenvalue weighted by Gasteiger charge is 2.16. The maximum atomic E-state index is 12.1. The van der Waals surface area contributed by atoms with Crippen LogP contribution in [0.1, 0.15) is 155 Å². The highest BCUT2D eigenvalue weighted by atomic mass is 16.6. The molecule has 0 fully saturated rings. The van der Waals surface area contributed by atoms with E-state index in [0.717, 1.165) is 89.9 Å². The number of allylic oxidation sites excluding steroid dienone is 12. The Labute approximate surface area is 283 Å². The summed E-state index contributed by atoms with van der Waals surface area (Å²) >= 11 is 0. The SMILES string of the molecule is CC/C=C\C/C=C\C/C=C\C/C=C\CCCCCCC(=O)OC(CO)COC(=O)CCCCCCC/C=C\C/C=C\CCCCC. The molecular weight excluding hydrogens is 572 g/mol. The Bertz CT molecular complexity index is 864. The van der Waals surface area contributed by atoms with Crippen molar-refractivity contribution < 1.29 is 24.2 Å². The van der Waals surface area contributed by atoms with E-state index >= 15 is 0 Å². The van der Waals surface area contributed by atoms with E-state index in [9.17, 15) is 14.7 Å². The fourth-order valence-electron chi connectivity index (χ4n) is 4.69. The summed E-state index contributed by atoms with van der Waals surface area (Å²) in [6.45, 7) is 3.94. The molecule has 0 aromatic rings. The predicted molar refractivity (Wildman–Crippen MR) is 196 cm³/mol. The molecule has 0 bridgehead atoms. The number of esters is 2. The van der Waals surface area contributed by atoms with Crippen LogP contribution in [0.5, 0.6) is 0 Å². The Morgan fingerprint density at radius 3 is 1.41 bits per heavy atom. The minimum atomic E-state index is -0.792. The van der Waals surface area contributed by atoms with Crippen LogP contribution in [0.15, 0.2) is 72.9 Å².